The third kappa shape index (κ3) is 1.71. The fourth-order valence-electron chi connectivity index (χ4n) is 2.83. The van der Waals surface area contributed by atoms with Crippen LogP contribution in [0.4, 0.5) is 0 Å². The van der Waals surface area contributed by atoms with Crippen LogP contribution < -0.4 is 4.74 Å². The molecule has 0 spiro atoms. The Balaban J connectivity index is 2.09. The van der Waals surface area contributed by atoms with Gasteiger partial charge in [-0.15, -0.1) is 0 Å². The Morgan fingerprint density at radius 3 is 3.00 bits per heavy atom. The van der Waals surface area contributed by atoms with E-state index in [0.29, 0.717) is 6.04 Å². The minimum atomic E-state index is 0.552. The minimum absolute atomic E-state index is 0.552. The summed E-state index contributed by atoms with van der Waals surface area (Å²) in [6.07, 6.45) is 4.69. The molecule has 1 atom stereocenters. The average molecular weight is 230 g/mol. The molecule has 0 bridgehead atoms. The fraction of sp³-hybridized carbons (Fsp3) is 0.429. The van der Waals surface area contributed by atoms with Crippen molar-refractivity contribution in [3.63, 3.8) is 0 Å². The highest BCUT2D eigenvalue weighted by molar-refractivity contribution is 5.85. The van der Waals surface area contributed by atoms with E-state index in [0.717, 1.165) is 5.75 Å². The summed E-state index contributed by atoms with van der Waals surface area (Å²) in [4.78, 5) is 5.79. The van der Waals surface area contributed by atoms with Crippen molar-refractivity contribution >= 4 is 10.9 Å². The van der Waals surface area contributed by atoms with Crippen molar-refractivity contribution in [2.45, 2.75) is 18.9 Å². The summed E-state index contributed by atoms with van der Waals surface area (Å²) in [5.41, 5.74) is 2.60. The number of hydrogen-bond acceptors (Lipinski definition) is 2. The van der Waals surface area contributed by atoms with Crippen LogP contribution in [0.25, 0.3) is 10.9 Å². The topological polar surface area (TPSA) is 28.3 Å². The Labute approximate surface area is 101 Å². The van der Waals surface area contributed by atoms with Gasteiger partial charge in [0.1, 0.15) is 5.75 Å². The van der Waals surface area contributed by atoms with E-state index >= 15 is 0 Å². The molecule has 3 heteroatoms. The van der Waals surface area contributed by atoms with Gasteiger partial charge in [0.05, 0.1) is 7.11 Å². The minimum Gasteiger partial charge on any atom is -0.497 e. The number of likely N-dealkylation sites (tertiary alicyclic amines) is 1. The van der Waals surface area contributed by atoms with Gasteiger partial charge in [0, 0.05) is 23.1 Å². The third-order valence-electron chi connectivity index (χ3n) is 3.80. The summed E-state index contributed by atoms with van der Waals surface area (Å²) in [5.74, 6) is 0.930. The second kappa shape index (κ2) is 4.08. The first kappa shape index (κ1) is 10.7. The van der Waals surface area contributed by atoms with Gasteiger partial charge >= 0.3 is 0 Å². The molecule has 0 radical (unpaired) electrons. The summed E-state index contributed by atoms with van der Waals surface area (Å²) < 4.78 is 5.31. The summed E-state index contributed by atoms with van der Waals surface area (Å²) in [6, 6.07) is 6.77. The van der Waals surface area contributed by atoms with Gasteiger partial charge in [-0.05, 0) is 50.2 Å². The number of benzene rings is 1. The predicted molar refractivity (Wildman–Crippen MR) is 69.5 cm³/mol. The van der Waals surface area contributed by atoms with E-state index in [-0.39, 0.29) is 0 Å². The molecule has 3 nitrogen and oxygen atoms in total. The molecule has 1 N–H and O–H groups in total. The molecule has 90 valence electrons. The van der Waals surface area contributed by atoms with Crippen molar-refractivity contribution in [1.29, 1.82) is 0 Å². The van der Waals surface area contributed by atoms with Crippen LogP contribution in [0.2, 0.25) is 0 Å². The number of fused-ring (bicyclic) bond motifs is 1. The predicted octanol–water partition coefficient (Wildman–Crippen LogP) is 2.94. The van der Waals surface area contributed by atoms with Crippen LogP contribution in [0.1, 0.15) is 24.4 Å². The number of nitrogens with zero attached hydrogens (tertiary/aromatic N) is 1. The average Bonchev–Trinajstić information content (AvgIpc) is 2.94. The zero-order valence-corrected chi connectivity index (χ0v) is 10.4. The fourth-order valence-corrected chi connectivity index (χ4v) is 2.83. The second-order valence-corrected chi connectivity index (χ2v) is 4.79. The van der Waals surface area contributed by atoms with Gasteiger partial charge in [-0.3, -0.25) is 4.90 Å². The van der Waals surface area contributed by atoms with Crippen LogP contribution in [-0.2, 0) is 0 Å². The molecule has 1 fully saturated rings. The SMILES string of the molecule is COc1ccc2[nH]cc(C3CCCN3C)c2c1. The molecule has 1 aliphatic rings. The smallest absolute Gasteiger partial charge is 0.119 e. The highest BCUT2D eigenvalue weighted by atomic mass is 16.5. The van der Waals surface area contributed by atoms with Crippen molar-refractivity contribution in [2.24, 2.45) is 0 Å². The van der Waals surface area contributed by atoms with Crippen LogP contribution in [0.5, 0.6) is 5.75 Å². The quantitative estimate of drug-likeness (QED) is 0.859. The van der Waals surface area contributed by atoms with Gasteiger partial charge < -0.3 is 9.72 Å². The van der Waals surface area contributed by atoms with Crippen LogP contribution in [-0.4, -0.2) is 30.6 Å². The van der Waals surface area contributed by atoms with Gasteiger partial charge in [-0.1, -0.05) is 0 Å². The van der Waals surface area contributed by atoms with E-state index in [1.807, 2.05) is 6.07 Å². The lowest BCUT2D eigenvalue weighted by Gasteiger charge is -2.18. The van der Waals surface area contributed by atoms with Crippen molar-refractivity contribution < 1.29 is 4.74 Å². The number of methoxy groups -OCH3 is 1. The number of aromatic nitrogens is 1. The van der Waals surface area contributed by atoms with Crippen molar-refractivity contribution in [3.8, 4) is 5.75 Å². The van der Waals surface area contributed by atoms with E-state index in [9.17, 15) is 0 Å². The number of ether oxygens (including phenoxy) is 1. The van der Waals surface area contributed by atoms with E-state index < -0.39 is 0 Å². The van der Waals surface area contributed by atoms with Crippen LogP contribution in [0.15, 0.2) is 24.4 Å². The zero-order chi connectivity index (χ0) is 11.8. The zero-order valence-electron chi connectivity index (χ0n) is 10.4. The lowest BCUT2D eigenvalue weighted by molar-refractivity contribution is 0.319. The molecule has 1 unspecified atom stereocenters. The molecule has 1 aliphatic heterocycles. The molecular formula is C14H18N2O. The van der Waals surface area contributed by atoms with Gasteiger partial charge in [-0.2, -0.15) is 0 Å². The van der Waals surface area contributed by atoms with E-state index in [4.69, 9.17) is 4.74 Å². The monoisotopic (exact) mass is 230 g/mol. The van der Waals surface area contributed by atoms with Crippen molar-refractivity contribution in [3.05, 3.63) is 30.0 Å². The first-order valence-electron chi connectivity index (χ1n) is 6.15. The maximum atomic E-state index is 5.31. The third-order valence-corrected chi connectivity index (χ3v) is 3.80. The highest BCUT2D eigenvalue weighted by Gasteiger charge is 2.24. The van der Waals surface area contributed by atoms with Crippen LogP contribution in [0, 0.1) is 0 Å². The molecule has 2 heterocycles. The summed E-state index contributed by atoms with van der Waals surface area (Å²) in [6.45, 7) is 1.20. The molecule has 1 aromatic heterocycles. The molecule has 0 amide bonds. The second-order valence-electron chi connectivity index (χ2n) is 4.79. The van der Waals surface area contributed by atoms with Crippen LogP contribution >= 0.6 is 0 Å². The van der Waals surface area contributed by atoms with Gasteiger partial charge in [0.15, 0.2) is 0 Å². The first-order chi connectivity index (χ1) is 8.29. The number of H-pyrrole nitrogens is 1. The molecule has 17 heavy (non-hydrogen) atoms. The molecular weight excluding hydrogens is 212 g/mol. The van der Waals surface area contributed by atoms with E-state index in [1.54, 1.807) is 7.11 Å². The Morgan fingerprint density at radius 1 is 1.41 bits per heavy atom. The van der Waals surface area contributed by atoms with Gasteiger partial charge in [0.25, 0.3) is 0 Å². The van der Waals surface area contributed by atoms with Gasteiger partial charge in [-0.25, -0.2) is 0 Å². The lowest BCUT2D eigenvalue weighted by Crippen LogP contribution is -2.17. The standard InChI is InChI=1S/C14H18N2O/c1-16-7-3-4-14(16)12-9-15-13-6-5-10(17-2)8-11(12)13/h5-6,8-9,14-15H,3-4,7H2,1-2H3. The largest absolute Gasteiger partial charge is 0.497 e. The molecule has 0 aliphatic carbocycles. The highest BCUT2D eigenvalue weighted by Crippen LogP contribution is 2.35. The molecule has 3 rings (SSSR count). The van der Waals surface area contributed by atoms with Crippen molar-refractivity contribution in [1.82, 2.24) is 9.88 Å². The summed E-state index contributed by atoms with van der Waals surface area (Å²) in [7, 11) is 3.92. The number of aromatic amines is 1. The molecule has 1 aromatic carbocycles. The normalized spacial score (nSPS) is 21.2. The van der Waals surface area contributed by atoms with Crippen molar-refractivity contribution in [2.75, 3.05) is 20.7 Å². The Morgan fingerprint density at radius 2 is 2.29 bits per heavy atom. The molecule has 1 saturated heterocycles. The van der Waals surface area contributed by atoms with Crippen LogP contribution in [0.3, 0.4) is 0 Å². The summed E-state index contributed by atoms with van der Waals surface area (Å²) >= 11 is 0. The Kier molecular flexibility index (Phi) is 2.56. The van der Waals surface area contributed by atoms with Gasteiger partial charge in [0.2, 0.25) is 0 Å². The lowest BCUT2D eigenvalue weighted by atomic mass is 10.0. The molecule has 2 aromatic rings. The Bertz CT molecular complexity index is 532. The number of hydrogen-bond donors (Lipinski definition) is 1. The maximum absolute atomic E-state index is 5.31. The number of rotatable bonds is 2. The maximum Gasteiger partial charge on any atom is 0.119 e. The molecule has 0 saturated carbocycles. The first-order valence-corrected chi connectivity index (χ1v) is 6.15. The summed E-state index contributed by atoms with van der Waals surface area (Å²) in [5, 5.41) is 1.29. The number of nitrogens with one attached hydrogen (secondary N) is 1. The van der Waals surface area contributed by atoms with E-state index in [1.165, 1.54) is 35.9 Å². The van der Waals surface area contributed by atoms with E-state index in [2.05, 4.69) is 35.3 Å². The Hall–Kier alpha value is -1.48.